The van der Waals surface area contributed by atoms with E-state index in [0.717, 1.165) is 0 Å². The van der Waals surface area contributed by atoms with Crippen molar-refractivity contribution in [1.82, 2.24) is 4.90 Å². The van der Waals surface area contributed by atoms with Crippen LogP contribution in [0.3, 0.4) is 0 Å². The Morgan fingerprint density at radius 2 is 1.87 bits per heavy atom. The third-order valence-electron chi connectivity index (χ3n) is 4.51. The molecule has 11 heteroatoms. The van der Waals surface area contributed by atoms with Crippen molar-refractivity contribution in [2.75, 3.05) is 6.54 Å². The van der Waals surface area contributed by atoms with Crippen molar-refractivity contribution in [2.24, 2.45) is 5.14 Å². The molecule has 0 spiro atoms. The molecule has 1 aromatic carbocycles. The standard InChI is InChI=1S/C20H20N2O6S3/c21-31(26,27)15-8-5-13(6-9-15)16-10-7-14(28-16)12-17-19(25)22(20(29)30-17)11-3-1-2-4-18(23)24/h5-10,12H,1-4,11H2,(H,23,24)(H2,21,26,27). The van der Waals surface area contributed by atoms with Gasteiger partial charge < -0.3 is 9.52 Å². The molecule has 0 bridgehead atoms. The van der Waals surface area contributed by atoms with Gasteiger partial charge in [0.25, 0.3) is 5.91 Å². The highest BCUT2D eigenvalue weighted by molar-refractivity contribution is 8.26. The molecule has 2 heterocycles. The third kappa shape index (κ3) is 6.03. The number of nitrogens with two attached hydrogens (primary N) is 1. The average molecular weight is 481 g/mol. The zero-order chi connectivity index (χ0) is 22.6. The Hall–Kier alpha value is -2.47. The highest BCUT2D eigenvalue weighted by Gasteiger charge is 2.31. The number of primary sulfonamides is 1. The number of thiocarbonyl (C=S) groups is 1. The number of benzene rings is 1. The van der Waals surface area contributed by atoms with Crippen LogP contribution in [0, 0.1) is 0 Å². The fraction of sp³-hybridized carbons (Fsp3) is 0.250. The van der Waals surface area contributed by atoms with Gasteiger partial charge in [-0.1, -0.05) is 30.4 Å². The van der Waals surface area contributed by atoms with Gasteiger partial charge in [0.1, 0.15) is 15.8 Å². The molecule has 3 N–H and O–H groups in total. The van der Waals surface area contributed by atoms with Gasteiger partial charge in [0.15, 0.2) is 0 Å². The van der Waals surface area contributed by atoms with Crippen molar-refractivity contribution in [1.29, 1.82) is 0 Å². The summed E-state index contributed by atoms with van der Waals surface area (Å²) in [4.78, 5) is 25.2. The Morgan fingerprint density at radius 3 is 2.52 bits per heavy atom. The predicted molar refractivity (Wildman–Crippen MR) is 122 cm³/mol. The van der Waals surface area contributed by atoms with E-state index in [4.69, 9.17) is 26.9 Å². The van der Waals surface area contributed by atoms with Gasteiger partial charge in [0.05, 0.1) is 9.80 Å². The second-order valence-corrected chi connectivity index (χ2v) is 10.0. The molecule has 1 fully saturated rings. The van der Waals surface area contributed by atoms with Gasteiger partial charge in [0, 0.05) is 24.6 Å². The van der Waals surface area contributed by atoms with Crippen LogP contribution in [0.4, 0.5) is 0 Å². The number of hydrogen-bond acceptors (Lipinski definition) is 7. The van der Waals surface area contributed by atoms with Gasteiger partial charge in [-0.15, -0.1) is 0 Å². The molecule has 0 atom stereocenters. The molecule has 0 saturated carbocycles. The van der Waals surface area contributed by atoms with Crippen LogP contribution in [-0.2, 0) is 19.6 Å². The zero-order valence-corrected chi connectivity index (χ0v) is 18.8. The summed E-state index contributed by atoms with van der Waals surface area (Å²) in [5, 5.41) is 13.8. The monoisotopic (exact) mass is 480 g/mol. The summed E-state index contributed by atoms with van der Waals surface area (Å²) < 4.78 is 29.0. The van der Waals surface area contributed by atoms with Crippen LogP contribution in [0.2, 0.25) is 0 Å². The first kappa shape index (κ1) is 23.2. The number of unbranched alkanes of at least 4 members (excludes halogenated alkanes) is 2. The summed E-state index contributed by atoms with van der Waals surface area (Å²) >= 11 is 6.49. The van der Waals surface area contributed by atoms with Crippen molar-refractivity contribution >= 4 is 56.3 Å². The minimum Gasteiger partial charge on any atom is -0.481 e. The van der Waals surface area contributed by atoms with Gasteiger partial charge >= 0.3 is 5.97 Å². The molecule has 31 heavy (non-hydrogen) atoms. The van der Waals surface area contributed by atoms with Crippen molar-refractivity contribution in [2.45, 2.75) is 30.6 Å². The van der Waals surface area contributed by atoms with Gasteiger partial charge in [-0.3, -0.25) is 14.5 Å². The van der Waals surface area contributed by atoms with Gasteiger partial charge in [-0.05, 0) is 49.2 Å². The van der Waals surface area contributed by atoms with Crippen LogP contribution in [0.15, 0.2) is 50.6 Å². The smallest absolute Gasteiger partial charge is 0.303 e. The summed E-state index contributed by atoms with van der Waals surface area (Å²) in [6.45, 7) is 0.446. The van der Waals surface area contributed by atoms with Crippen molar-refractivity contribution < 1.29 is 27.5 Å². The highest BCUT2D eigenvalue weighted by atomic mass is 32.2. The summed E-state index contributed by atoms with van der Waals surface area (Å²) in [5.74, 6) is -0.0518. The molecular formula is C20H20N2O6S3. The minimum absolute atomic E-state index is 0.00895. The van der Waals surface area contributed by atoms with Gasteiger partial charge in [-0.2, -0.15) is 0 Å². The number of hydrogen-bond donors (Lipinski definition) is 2. The van der Waals surface area contributed by atoms with Gasteiger partial charge in [-0.25, -0.2) is 13.6 Å². The number of rotatable bonds is 9. The minimum atomic E-state index is -3.77. The number of amides is 1. The molecule has 3 rings (SSSR count). The molecule has 0 aliphatic carbocycles. The normalized spacial score (nSPS) is 15.8. The molecule has 8 nitrogen and oxygen atoms in total. The Balaban J connectivity index is 1.65. The number of sulfonamides is 1. The lowest BCUT2D eigenvalue weighted by Gasteiger charge is -2.13. The molecule has 0 unspecified atom stereocenters. The molecule has 1 aliphatic rings. The van der Waals surface area contributed by atoms with Crippen molar-refractivity contribution in [3.8, 4) is 11.3 Å². The van der Waals surface area contributed by atoms with Crippen molar-refractivity contribution in [3.63, 3.8) is 0 Å². The largest absolute Gasteiger partial charge is 0.481 e. The number of thioether (sulfide) groups is 1. The van der Waals surface area contributed by atoms with Crippen LogP contribution in [0.1, 0.15) is 31.4 Å². The first-order valence-corrected chi connectivity index (χ1v) is 12.1. The molecule has 1 aromatic heterocycles. The lowest BCUT2D eigenvalue weighted by molar-refractivity contribution is -0.137. The highest BCUT2D eigenvalue weighted by Crippen LogP contribution is 2.34. The Bertz CT molecular complexity index is 1140. The van der Waals surface area contributed by atoms with Crippen LogP contribution in [0.5, 0.6) is 0 Å². The molecule has 2 aromatic rings. The zero-order valence-electron chi connectivity index (χ0n) is 16.3. The van der Waals surface area contributed by atoms with Crippen LogP contribution < -0.4 is 5.14 Å². The van der Waals surface area contributed by atoms with E-state index in [-0.39, 0.29) is 17.2 Å². The molecule has 164 valence electrons. The van der Waals surface area contributed by atoms with Crippen LogP contribution in [0.25, 0.3) is 17.4 Å². The Morgan fingerprint density at radius 1 is 1.16 bits per heavy atom. The maximum absolute atomic E-state index is 12.6. The summed E-state index contributed by atoms with van der Waals surface area (Å²) in [5.41, 5.74) is 0.668. The number of aliphatic carboxylic acids is 1. The van der Waals surface area contributed by atoms with E-state index >= 15 is 0 Å². The first-order valence-electron chi connectivity index (χ1n) is 9.35. The first-order chi connectivity index (χ1) is 14.6. The maximum atomic E-state index is 12.6. The second kappa shape index (κ2) is 9.77. The van der Waals surface area contributed by atoms with E-state index < -0.39 is 16.0 Å². The second-order valence-electron chi connectivity index (χ2n) is 6.81. The SMILES string of the molecule is NS(=O)(=O)c1ccc(-c2ccc(C=C3SC(=S)N(CCCCCC(=O)O)C3=O)o2)cc1. The van der Waals surface area contributed by atoms with Crippen molar-refractivity contribution in [3.05, 3.63) is 47.1 Å². The summed E-state index contributed by atoms with van der Waals surface area (Å²) in [7, 11) is -3.77. The topological polar surface area (TPSA) is 131 Å². The molecular weight excluding hydrogens is 460 g/mol. The van der Waals surface area contributed by atoms with Gasteiger partial charge in [0.2, 0.25) is 10.0 Å². The average Bonchev–Trinajstić information content (AvgIpc) is 3.27. The quantitative estimate of drug-likeness (QED) is 0.317. The molecule has 0 radical (unpaired) electrons. The fourth-order valence-electron chi connectivity index (χ4n) is 2.94. The van der Waals surface area contributed by atoms with E-state index in [2.05, 4.69) is 0 Å². The third-order valence-corrected chi connectivity index (χ3v) is 6.82. The predicted octanol–water partition coefficient (Wildman–Crippen LogP) is 3.44. The Labute approximate surface area is 189 Å². The van der Waals surface area contributed by atoms with Crippen LogP contribution >= 0.6 is 24.0 Å². The number of carbonyl (C=O) groups excluding carboxylic acids is 1. The molecule has 1 saturated heterocycles. The van der Waals surface area contributed by atoms with E-state index in [9.17, 15) is 18.0 Å². The Kier molecular flexibility index (Phi) is 7.31. The number of carboxylic acids is 1. The van der Waals surface area contributed by atoms with E-state index in [0.29, 0.717) is 52.1 Å². The lowest BCUT2D eigenvalue weighted by atomic mass is 10.2. The summed E-state index contributed by atoms with van der Waals surface area (Å²) in [6, 6.07) is 9.41. The fourth-order valence-corrected chi connectivity index (χ4v) is 4.74. The van der Waals surface area contributed by atoms with E-state index in [1.807, 2.05) is 0 Å². The number of carboxylic acid groups (broad SMARTS) is 1. The molecule has 1 aliphatic heterocycles. The van der Waals surface area contributed by atoms with Crippen LogP contribution in [-0.4, -0.2) is 41.2 Å². The maximum Gasteiger partial charge on any atom is 0.303 e. The number of furan rings is 1. The number of nitrogens with zero attached hydrogens (tertiary/aromatic N) is 1. The van der Waals surface area contributed by atoms with E-state index in [1.165, 1.54) is 28.8 Å². The number of carbonyl (C=O) groups is 2. The van der Waals surface area contributed by atoms with E-state index in [1.54, 1.807) is 30.3 Å². The molecule has 1 amide bonds. The lowest BCUT2D eigenvalue weighted by Crippen LogP contribution is -2.29. The summed E-state index contributed by atoms with van der Waals surface area (Å²) in [6.07, 6.45) is 3.67.